The Morgan fingerprint density at radius 3 is 2.89 bits per heavy atom. The van der Waals surface area contributed by atoms with Crippen LogP contribution in [0.1, 0.15) is 51.9 Å². The normalized spacial score (nSPS) is 16.0. The van der Waals surface area contributed by atoms with Gasteiger partial charge in [-0.05, 0) is 55.3 Å². The van der Waals surface area contributed by atoms with Crippen LogP contribution in [0.25, 0.3) is 5.65 Å². The summed E-state index contributed by atoms with van der Waals surface area (Å²) in [7, 11) is 0. The maximum atomic E-state index is 12.4. The minimum atomic E-state index is -0.124. The van der Waals surface area contributed by atoms with E-state index in [1.54, 1.807) is 18.0 Å². The van der Waals surface area contributed by atoms with E-state index in [0.29, 0.717) is 11.4 Å². The molecule has 0 radical (unpaired) electrons. The van der Waals surface area contributed by atoms with Gasteiger partial charge in [-0.15, -0.1) is 11.8 Å². The lowest BCUT2D eigenvalue weighted by atomic mass is 10.1. The molecule has 0 bridgehead atoms. The van der Waals surface area contributed by atoms with E-state index >= 15 is 0 Å². The van der Waals surface area contributed by atoms with Gasteiger partial charge in [-0.2, -0.15) is 0 Å². The Kier molecular flexibility index (Phi) is 8.03. The fraction of sp³-hybridized carbons (Fsp3) is 0.476. The molecule has 0 spiro atoms. The fourth-order valence-electron chi connectivity index (χ4n) is 3.12. The molecule has 0 atom stereocenters. The highest BCUT2D eigenvalue weighted by atomic mass is 32.2. The fourth-order valence-corrected chi connectivity index (χ4v) is 5.02. The zero-order valence-corrected chi connectivity index (χ0v) is 17.9. The summed E-state index contributed by atoms with van der Waals surface area (Å²) < 4.78 is 2.08. The molecule has 3 heterocycles. The van der Waals surface area contributed by atoms with Crippen molar-refractivity contribution in [1.82, 2.24) is 14.3 Å². The molecule has 2 aromatic rings. The molecule has 1 aliphatic rings. The molecular formula is C21H27N3O2S2. The molecule has 3 rings (SSSR count). The Bertz CT molecular complexity index is 847. The van der Waals surface area contributed by atoms with Crippen molar-refractivity contribution in [1.29, 1.82) is 0 Å². The zero-order chi connectivity index (χ0) is 19.8. The number of hydrogen-bond acceptors (Lipinski definition) is 5. The van der Waals surface area contributed by atoms with E-state index in [-0.39, 0.29) is 11.1 Å². The molecule has 1 saturated heterocycles. The molecule has 2 aromatic heterocycles. The molecule has 28 heavy (non-hydrogen) atoms. The maximum absolute atomic E-state index is 12.4. The van der Waals surface area contributed by atoms with Crippen LogP contribution in [0.4, 0.5) is 4.79 Å². The van der Waals surface area contributed by atoms with Crippen LogP contribution < -0.4 is 0 Å². The summed E-state index contributed by atoms with van der Waals surface area (Å²) in [5, 5.41) is 1.04. The van der Waals surface area contributed by atoms with E-state index < -0.39 is 0 Å². The van der Waals surface area contributed by atoms with Crippen molar-refractivity contribution >= 4 is 40.3 Å². The highest BCUT2D eigenvalue weighted by Gasteiger charge is 2.34. The predicted molar refractivity (Wildman–Crippen MR) is 117 cm³/mol. The number of amides is 2. The van der Waals surface area contributed by atoms with Gasteiger partial charge in [0, 0.05) is 18.9 Å². The average molecular weight is 418 g/mol. The Morgan fingerprint density at radius 2 is 2.04 bits per heavy atom. The molecular weight excluding hydrogens is 390 g/mol. The molecule has 0 aromatic carbocycles. The van der Waals surface area contributed by atoms with Gasteiger partial charge in [0.25, 0.3) is 11.1 Å². The average Bonchev–Trinajstić information content (AvgIpc) is 3.27. The van der Waals surface area contributed by atoms with E-state index in [4.69, 9.17) is 0 Å². The summed E-state index contributed by atoms with van der Waals surface area (Å²) in [5.74, 6) is 0.835. The molecule has 150 valence electrons. The van der Waals surface area contributed by atoms with Crippen molar-refractivity contribution in [2.75, 3.05) is 12.3 Å². The van der Waals surface area contributed by atoms with Crippen LogP contribution in [0.3, 0.4) is 0 Å². The van der Waals surface area contributed by atoms with Crippen LogP contribution in [0.5, 0.6) is 0 Å². The van der Waals surface area contributed by atoms with Crippen LogP contribution in [0.2, 0.25) is 0 Å². The lowest BCUT2D eigenvalue weighted by Gasteiger charge is -2.12. The highest BCUT2D eigenvalue weighted by molar-refractivity contribution is 8.18. The summed E-state index contributed by atoms with van der Waals surface area (Å²) >= 11 is 2.87. The number of allylic oxidation sites excluding steroid dienone is 1. The molecule has 1 fully saturated rings. The molecule has 0 unspecified atom stereocenters. The Hall–Kier alpha value is -1.73. The monoisotopic (exact) mass is 417 g/mol. The first-order valence-corrected chi connectivity index (χ1v) is 11.8. The number of aromatic nitrogens is 2. The predicted octanol–water partition coefficient (Wildman–Crippen LogP) is 5.76. The minimum Gasteiger partial charge on any atom is -0.294 e. The minimum absolute atomic E-state index is 0.110. The number of nitrogens with zero attached hydrogens (tertiary/aromatic N) is 3. The number of fused-ring (bicyclic) bond motifs is 1. The van der Waals surface area contributed by atoms with Crippen molar-refractivity contribution in [3.8, 4) is 0 Å². The van der Waals surface area contributed by atoms with Gasteiger partial charge in [-0.25, -0.2) is 4.98 Å². The van der Waals surface area contributed by atoms with Crippen LogP contribution in [-0.4, -0.2) is 37.7 Å². The topological polar surface area (TPSA) is 54.7 Å². The van der Waals surface area contributed by atoms with E-state index in [9.17, 15) is 9.59 Å². The number of rotatable bonds is 11. The molecule has 1 aliphatic heterocycles. The van der Waals surface area contributed by atoms with Gasteiger partial charge in [-0.1, -0.05) is 38.3 Å². The highest BCUT2D eigenvalue weighted by Crippen LogP contribution is 2.31. The number of imidazole rings is 1. The summed E-state index contributed by atoms with van der Waals surface area (Å²) in [4.78, 5) is 30.9. The van der Waals surface area contributed by atoms with E-state index in [0.717, 1.165) is 53.9 Å². The van der Waals surface area contributed by atoms with Gasteiger partial charge in [-0.3, -0.25) is 18.9 Å². The Labute approximate surface area is 175 Å². The summed E-state index contributed by atoms with van der Waals surface area (Å²) in [5.41, 5.74) is 0.948. The second kappa shape index (κ2) is 10.7. The van der Waals surface area contributed by atoms with Crippen LogP contribution in [0.15, 0.2) is 46.6 Å². The van der Waals surface area contributed by atoms with Crippen LogP contribution in [0, 0.1) is 0 Å². The summed E-state index contributed by atoms with van der Waals surface area (Å²) in [6.07, 6.45) is 13.1. The van der Waals surface area contributed by atoms with E-state index in [2.05, 4.69) is 22.4 Å². The second-order valence-corrected chi connectivity index (χ2v) is 8.93. The lowest BCUT2D eigenvalue weighted by molar-refractivity contribution is -0.122. The molecule has 7 heteroatoms. The van der Waals surface area contributed by atoms with Crippen LogP contribution >= 0.6 is 23.5 Å². The number of imide groups is 1. The van der Waals surface area contributed by atoms with Crippen LogP contribution in [-0.2, 0) is 4.79 Å². The van der Waals surface area contributed by atoms with Gasteiger partial charge in [0.2, 0.25) is 0 Å². The first-order valence-electron chi connectivity index (χ1n) is 9.99. The van der Waals surface area contributed by atoms with Crippen molar-refractivity contribution in [2.24, 2.45) is 0 Å². The van der Waals surface area contributed by atoms with Gasteiger partial charge < -0.3 is 0 Å². The number of carbonyl (C=O) groups excluding carboxylic acids is 2. The zero-order valence-electron chi connectivity index (χ0n) is 16.3. The van der Waals surface area contributed by atoms with Crippen molar-refractivity contribution in [2.45, 2.75) is 56.9 Å². The smallest absolute Gasteiger partial charge is 0.293 e. The van der Waals surface area contributed by atoms with Gasteiger partial charge in [0.15, 0.2) is 0 Å². The Morgan fingerprint density at radius 1 is 1.14 bits per heavy atom. The number of unbranched alkanes of at least 4 members (excludes halogenated alkanes) is 5. The molecule has 0 aliphatic carbocycles. The summed E-state index contributed by atoms with van der Waals surface area (Å²) in [6, 6.07) is 6.09. The van der Waals surface area contributed by atoms with Crippen molar-refractivity contribution < 1.29 is 9.59 Å². The van der Waals surface area contributed by atoms with Gasteiger partial charge in [0.1, 0.15) is 5.65 Å². The second-order valence-electron chi connectivity index (χ2n) is 6.82. The third kappa shape index (κ3) is 5.41. The van der Waals surface area contributed by atoms with Crippen molar-refractivity contribution in [3.05, 3.63) is 41.6 Å². The number of thioether (sulfide) groups is 2. The number of hydrogen-bond donors (Lipinski definition) is 0. The SMILES string of the molecule is CCCCCC/C=C1/SC(=O)N(CCCCSc2cccc3nccn23)C1=O. The van der Waals surface area contributed by atoms with Gasteiger partial charge >= 0.3 is 0 Å². The molecule has 0 N–H and O–H groups in total. The third-order valence-electron chi connectivity index (χ3n) is 4.68. The van der Waals surface area contributed by atoms with Gasteiger partial charge in [0.05, 0.1) is 9.93 Å². The van der Waals surface area contributed by atoms with Crippen molar-refractivity contribution in [3.63, 3.8) is 0 Å². The summed E-state index contributed by atoms with van der Waals surface area (Å²) in [6.45, 7) is 2.69. The lowest BCUT2D eigenvalue weighted by Crippen LogP contribution is -2.29. The quantitative estimate of drug-likeness (QED) is 0.264. The molecule has 2 amide bonds. The third-order valence-corrected chi connectivity index (χ3v) is 6.76. The van der Waals surface area contributed by atoms with E-state index in [1.165, 1.54) is 24.2 Å². The first kappa shape index (κ1) is 21.0. The number of carbonyl (C=O) groups is 2. The number of pyridine rings is 1. The van der Waals surface area contributed by atoms with E-state index in [1.807, 2.05) is 24.4 Å². The molecule has 5 nitrogen and oxygen atoms in total. The maximum Gasteiger partial charge on any atom is 0.293 e. The molecule has 0 saturated carbocycles. The standard InChI is InChI=1S/C21H27N3O2S2/c1-2-3-4-5-6-10-17-20(25)24(21(26)28-17)14-7-8-16-27-19-12-9-11-18-22-13-15-23(18)19/h9-13,15H,2-8,14,16H2,1H3/b17-10+. The largest absolute Gasteiger partial charge is 0.294 e. The Balaban J connectivity index is 1.39. The first-order chi connectivity index (χ1) is 13.7.